The molecule has 2 rings (SSSR count). The van der Waals surface area contributed by atoms with Crippen LogP contribution in [0.3, 0.4) is 0 Å². The van der Waals surface area contributed by atoms with Gasteiger partial charge in [0.15, 0.2) is 0 Å². The fourth-order valence-corrected chi connectivity index (χ4v) is 2.65. The summed E-state index contributed by atoms with van der Waals surface area (Å²) in [7, 11) is 1.71. The molecule has 0 aromatic heterocycles. The highest BCUT2D eigenvalue weighted by Crippen LogP contribution is 2.42. The lowest BCUT2D eigenvalue weighted by molar-refractivity contribution is -0.136. The minimum Gasteiger partial charge on any atom is -0.381 e. The lowest BCUT2D eigenvalue weighted by Gasteiger charge is -2.51. The maximum atomic E-state index is 12.0. The van der Waals surface area contributed by atoms with Crippen molar-refractivity contribution < 1.29 is 14.3 Å². The molecular formula is C12H22N2O3. The molecular weight excluding hydrogens is 220 g/mol. The largest absolute Gasteiger partial charge is 0.381 e. The highest BCUT2D eigenvalue weighted by molar-refractivity contribution is 5.80. The van der Waals surface area contributed by atoms with Gasteiger partial charge in [0.2, 0.25) is 5.91 Å². The number of hydrogen-bond donors (Lipinski definition) is 2. The normalized spacial score (nSPS) is 39.8. The molecule has 2 fully saturated rings. The van der Waals surface area contributed by atoms with Crippen molar-refractivity contribution in [3.8, 4) is 0 Å². The number of carbonyl (C=O) groups is 1. The molecule has 4 unspecified atom stereocenters. The molecule has 0 bridgehead atoms. The van der Waals surface area contributed by atoms with Crippen molar-refractivity contribution in [1.29, 1.82) is 0 Å². The third-order valence-electron chi connectivity index (χ3n) is 4.24. The van der Waals surface area contributed by atoms with E-state index in [0.717, 1.165) is 6.42 Å². The van der Waals surface area contributed by atoms with Gasteiger partial charge in [-0.2, -0.15) is 0 Å². The zero-order valence-corrected chi connectivity index (χ0v) is 10.7. The molecule has 2 aliphatic rings. The molecule has 1 aliphatic heterocycles. The fourth-order valence-electron chi connectivity index (χ4n) is 2.65. The Morgan fingerprint density at radius 2 is 2.18 bits per heavy atom. The Kier molecular flexibility index (Phi) is 3.43. The summed E-state index contributed by atoms with van der Waals surface area (Å²) in [6.07, 6.45) is 1.10. The SMILES string of the molecule is COC1CC(NC(=O)C2COCC2N)C1(C)C. The first-order chi connectivity index (χ1) is 7.96. The summed E-state index contributed by atoms with van der Waals surface area (Å²) >= 11 is 0. The van der Waals surface area contributed by atoms with Crippen molar-refractivity contribution in [2.45, 2.75) is 38.5 Å². The second kappa shape index (κ2) is 4.55. The van der Waals surface area contributed by atoms with Gasteiger partial charge in [-0.15, -0.1) is 0 Å². The van der Waals surface area contributed by atoms with Crippen molar-refractivity contribution in [1.82, 2.24) is 5.32 Å². The average Bonchev–Trinajstić information content (AvgIpc) is 2.69. The van der Waals surface area contributed by atoms with Crippen LogP contribution in [-0.4, -0.2) is 44.4 Å². The maximum absolute atomic E-state index is 12.0. The van der Waals surface area contributed by atoms with Crippen LogP contribution in [0.4, 0.5) is 0 Å². The number of rotatable bonds is 3. The smallest absolute Gasteiger partial charge is 0.227 e. The van der Waals surface area contributed by atoms with Crippen LogP contribution in [0.1, 0.15) is 20.3 Å². The summed E-state index contributed by atoms with van der Waals surface area (Å²) in [6, 6.07) is 0.00385. The Balaban J connectivity index is 1.88. The van der Waals surface area contributed by atoms with Crippen LogP contribution < -0.4 is 11.1 Å². The van der Waals surface area contributed by atoms with Gasteiger partial charge in [0.05, 0.1) is 25.2 Å². The maximum Gasteiger partial charge on any atom is 0.227 e. The van der Waals surface area contributed by atoms with Crippen LogP contribution >= 0.6 is 0 Å². The van der Waals surface area contributed by atoms with Gasteiger partial charge in [0, 0.05) is 24.6 Å². The summed E-state index contributed by atoms with van der Waals surface area (Å²) in [5.74, 6) is -0.185. The molecule has 5 heteroatoms. The summed E-state index contributed by atoms with van der Waals surface area (Å²) in [5, 5.41) is 3.06. The van der Waals surface area contributed by atoms with Crippen molar-refractivity contribution in [3.63, 3.8) is 0 Å². The minimum absolute atomic E-state index is 0.00599. The number of methoxy groups -OCH3 is 1. The van der Waals surface area contributed by atoms with Gasteiger partial charge in [0.25, 0.3) is 0 Å². The molecule has 1 amide bonds. The first-order valence-electron chi connectivity index (χ1n) is 6.13. The van der Waals surface area contributed by atoms with E-state index in [9.17, 15) is 4.79 Å². The molecule has 0 aromatic carbocycles. The highest BCUT2D eigenvalue weighted by Gasteiger charge is 2.50. The first kappa shape index (κ1) is 12.8. The monoisotopic (exact) mass is 242 g/mol. The lowest BCUT2D eigenvalue weighted by Crippen LogP contribution is -2.63. The fraction of sp³-hybridized carbons (Fsp3) is 0.917. The molecule has 98 valence electrons. The van der Waals surface area contributed by atoms with E-state index >= 15 is 0 Å². The van der Waals surface area contributed by atoms with Crippen molar-refractivity contribution >= 4 is 5.91 Å². The van der Waals surface area contributed by atoms with E-state index in [4.69, 9.17) is 15.2 Å². The zero-order chi connectivity index (χ0) is 12.6. The number of ether oxygens (including phenoxy) is 2. The molecule has 5 nitrogen and oxygen atoms in total. The molecule has 1 aliphatic carbocycles. The number of hydrogen-bond acceptors (Lipinski definition) is 4. The predicted octanol–water partition coefficient (Wildman–Crippen LogP) is -0.110. The summed E-state index contributed by atoms with van der Waals surface area (Å²) in [6.45, 7) is 5.14. The van der Waals surface area contributed by atoms with E-state index in [0.29, 0.717) is 13.2 Å². The molecule has 4 atom stereocenters. The number of nitrogens with two attached hydrogens (primary N) is 1. The van der Waals surface area contributed by atoms with Gasteiger partial charge in [0.1, 0.15) is 0 Å². The van der Waals surface area contributed by atoms with Crippen molar-refractivity contribution in [2.75, 3.05) is 20.3 Å². The average molecular weight is 242 g/mol. The summed E-state index contributed by atoms with van der Waals surface area (Å²) in [5.41, 5.74) is 5.82. The zero-order valence-electron chi connectivity index (χ0n) is 10.7. The van der Waals surface area contributed by atoms with Crippen LogP contribution in [-0.2, 0) is 14.3 Å². The Morgan fingerprint density at radius 1 is 1.47 bits per heavy atom. The van der Waals surface area contributed by atoms with E-state index in [1.54, 1.807) is 7.11 Å². The van der Waals surface area contributed by atoms with Gasteiger partial charge in [-0.3, -0.25) is 4.79 Å². The van der Waals surface area contributed by atoms with Crippen molar-refractivity contribution in [2.24, 2.45) is 17.1 Å². The predicted molar refractivity (Wildman–Crippen MR) is 63.4 cm³/mol. The van der Waals surface area contributed by atoms with Crippen LogP contribution in [0.5, 0.6) is 0 Å². The molecule has 1 heterocycles. The highest BCUT2D eigenvalue weighted by atomic mass is 16.5. The topological polar surface area (TPSA) is 73.6 Å². The first-order valence-corrected chi connectivity index (χ1v) is 6.13. The molecule has 1 saturated carbocycles. The van der Waals surface area contributed by atoms with Gasteiger partial charge < -0.3 is 20.5 Å². The summed E-state index contributed by atoms with van der Waals surface area (Å²) in [4.78, 5) is 12.0. The third-order valence-corrected chi connectivity index (χ3v) is 4.24. The Labute approximate surface area is 102 Å². The summed E-state index contributed by atoms with van der Waals surface area (Å²) < 4.78 is 10.6. The minimum atomic E-state index is -0.201. The Hall–Kier alpha value is -0.650. The standard InChI is InChI=1S/C12H22N2O3/c1-12(2)9(4-10(12)16-3)14-11(15)7-5-17-6-8(7)13/h7-10H,4-6,13H2,1-3H3,(H,14,15). The van der Waals surface area contributed by atoms with E-state index in [2.05, 4.69) is 19.2 Å². The molecule has 1 saturated heterocycles. The Morgan fingerprint density at radius 3 is 2.65 bits per heavy atom. The molecule has 0 spiro atoms. The van der Waals surface area contributed by atoms with E-state index in [1.807, 2.05) is 0 Å². The van der Waals surface area contributed by atoms with Crippen LogP contribution in [0, 0.1) is 11.3 Å². The third kappa shape index (κ3) is 2.19. The van der Waals surface area contributed by atoms with Crippen LogP contribution in [0.2, 0.25) is 0 Å². The van der Waals surface area contributed by atoms with Gasteiger partial charge in [-0.1, -0.05) is 13.8 Å². The van der Waals surface area contributed by atoms with Crippen molar-refractivity contribution in [3.05, 3.63) is 0 Å². The van der Waals surface area contributed by atoms with E-state index < -0.39 is 0 Å². The number of carbonyl (C=O) groups excluding carboxylic acids is 1. The van der Waals surface area contributed by atoms with Gasteiger partial charge >= 0.3 is 0 Å². The van der Waals surface area contributed by atoms with Gasteiger partial charge in [-0.25, -0.2) is 0 Å². The number of nitrogens with one attached hydrogen (secondary N) is 1. The molecule has 3 N–H and O–H groups in total. The van der Waals surface area contributed by atoms with Crippen LogP contribution in [0.25, 0.3) is 0 Å². The van der Waals surface area contributed by atoms with E-state index in [1.165, 1.54) is 0 Å². The lowest BCUT2D eigenvalue weighted by atomic mass is 9.64. The molecule has 0 radical (unpaired) electrons. The Bertz CT molecular complexity index is 306. The number of amides is 1. The van der Waals surface area contributed by atoms with E-state index in [-0.39, 0.29) is 35.4 Å². The quantitative estimate of drug-likeness (QED) is 0.724. The molecule has 0 aromatic rings. The second-order valence-corrected chi connectivity index (χ2v) is 5.65. The van der Waals surface area contributed by atoms with Gasteiger partial charge in [-0.05, 0) is 6.42 Å². The van der Waals surface area contributed by atoms with Crippen LogP contribution in [0.15, 0.2) is 0 Å². The molecule has 17 heavy (non-hydrogen) atoms. The second-order valence-electron chi connectivity index (χ2n) is 5.65.